The van der Waals surface area contributed by atoms with Gasteiger partial charge in [0.2, 0.25) is 0 Å². The number of halogens is 1. The molecule has 2 N–H and O–H groups in total. The van der Waals surface area contributed by atoms with E-state index in [0.29, 0.717) is 5.92 Å². The molecule has 0 bridgehead atoms. The van der Waals surface area contributed by atoms with Crippen molar-refractivity contribution in [1.29, 1.82) is 0 Å². The molecule has 1 atom stereocenters. The maximum Gasteiger partial charge on any atom is 0.146 e. The summed E-state index contributed by atoms with van der Waals surface area (Å²) in [6.45, 7) is 10.8. The lowest BCUT2D eigenvalue weighted by Crippen LogP contribution is -2.23. The molecule has 19 heavy (non-hydrogen) atoms. The van der Waals surface area contributed by atoms with E-state index in [0.717, 1.165) is 5.75 Å². The van der Waals surface area contributed by atoms with Crippen LogP contribution >= 0.6 is 0 Å². The first-order valence-corrected chi connectivity index (χ1v) is 6.87. The molecule has 0 spiro atoms. The van der Waals surface area contributed by atoms with Crippen LogP contribution in [-0.2, 0) is 5.41 Å². The third kappa shape index (κ3) is 4.20. The quantitative estimate of drug-likeness (QED) is 0.881. The molecule has 108 valence electrons. The van der Waals surface area contributed by atoms with Crippen molar-refractivity contribution in [2.24, 2.45) is 5.73 Å². The zero-order valence-corrected chi connectivity index (χ0v) is 12.7. The average Bonchev–Trinajstić information content (AvgIpc) is 2.34. The number of ether oxygens (including phenoxy) is 1. The fourth-order valence-electron chi connectivity index (χ4n) is 2.17. The minimum atomic E-state index is -1.11. The van der Waals surface area contributed by atoms with Crippen molar-refractivity contribution < 1.29 is 9.13 Å². The van der Waals surface area contributed by atoms with Crippen LogP contribution in [0.1, 0.15) is 51.7 Å². The molecule has 0 fully saturated rings. The molecule has 1 aromatic rings. The van der Waals surface area contributed by atoms with Crippen molar-refractivity contribution in [3.8, 4) is 5.75 Å². The largest absolute Gasteiger partial charge is 0.490 e. The Hall–Kier alpha value is -1.09. The van der Waals surface area contributed by atoms with Gasteiger partial charge in [0.05, 0.1) is 0 Å². The molecule has 0 heterocycles. The number of benzene rings is 1. The summed E-state index contributed by atoms with van der Waals surface area (Å²) in [5.41, 5.74) is 7.74. The summed E-state index contributed by atoms with van der Waals surface area (Å²) in [6, 6.07) is 6.00. The number of nitrogens with two attached hydrogens (primary N) is 1. The van der Waals surface area contributed by atoms with Crippen LogP contribution in [0.4, 0.5) is 4.39 Å². The van der Waals surface area contributed by atoms with Gasteiger partial charge in [-0.1, -0.05) is 46.8 Å². The van der Waals surface area contributed by atoms with Gasteiger partial charge in [-0.25, -0.2) is 4.39 Å². The molecule has 0 aliphatic carbocycles. The molecule has 2 nitrogen and oxygen atoms in total. The minimum Gasteiger partial charge on any atom is -0.490 e. The number of rotatable bonds is 5. The van der Waals surface area contributed by atoms with E-state index in [4.69, 9.17) is 10.5 Å². The highest BCUT2D eigenvalue weighted by Gasteiger charge is 2.22. The Labute approximate surface area is 116 Å². The first kappa shape index (κ1) is 16.0. The van der Waals surface area contributed by atoms with Crippen molar-refractivity contribution in [3.63, 3.8) is 0 Å². The predicted octanol–water partition coefficient (Wildman–Crippen LogP) is 3.78. The van der Waals surface area contributed by atoms with Gasteiger partial charge in [-0.05, 0) is 23.0 Å². The van der Waals surface area contributed by atoms with E-state index < -0.39 is 6.17 Å². The molecule has 1 unspecified atom stereocenters. The van der Waals surface area contributed by atoms with Gasteiger partial charge in [0.15, 0.2) is 0 Å². The molecular formula is C16H26FNO. The van der Waals surface area contributed by atoms with Gasteiger partial charge in [0, 0.05) is 12.1 Å². The summed E-state index contributed by atoms with van der Waals surface area (Å²) in [5, 5.41) is 0. The zero-order chi connectivity index (χ0) is 14.6. The van der Waals surface area contributed by atoms with Gasteiger partial charge in [0.25, 0.3) is 0 Å². The Morgan fingerprint density at radius 1 is 1.26 bits per heavy atom. The first-order valence-electron chi connectivity index (χ1n) is 6.87. The fourth-order valence-corrected chi connectivity index (χ4v) is 2.17. The second kappa shape index (κ2) is 6.38. The van der Waals surface area contributed by atoms with Crippen LogP contribution in [0.15, 0.2) is 18.2 Å². The standard InChI is InChI=1S/C16H26FNO/c1-11(2)15-13(16(3,4)5)7-6-8-14(15)19-10-12(17)9-18/h6-8,11-12H,9-10,18H2,1-5H3. The highest BCUT2D eigenvalue weighted by Crippen LogP contribution is 2.36. The van der Waals surface area contributed by atoms with Crippen LogP contribution in [0.5, 0.6) is 5.75 Å². The average molecular weight is 267 g/mol. The van der Waals surface area contributed by atoms with Crippen LogP contribution in [0.3, 0.4) is 0 Å². The van der Waals surface area contributed by atoms with E-state index in [9.17, 15) is 4.39 Å². The molecule has 1 rings (SSSR count). The van der Waals surface area contributed by atoms with Gasteiger partial charge in [-0.2, -0.15) is 0 Å². The molecule has 0 saturated heterocycles. The molecule has 0 aliphatic heterocycles. The van der Waals surface area contributed by atoms with Crippen molar-refractivity contribution in [1.82, 2.24) is 0 Å². The smallest absolute Gasteiger partial charge is 0.146 e. The molecule has 0 saturated carbocycles. The SMILES string of the molecule is CC(C)c1c(OCC(F)CN)cccc1C(C)(C)C. The molecule has 0 aliphatic rings. The highest BCUT2D eigenvalue weighted by atomic mass is 19.1. The molecule has 3 heteroatoms. The van der Waals surface area contributed by atoms with Crippen LogP contribution in [0.2, 0.25) is 0 Å². The maximum absolute atomic E-state index is 13.2. The van der Waals surface area contributed by atoms with E-state index in [1.54, 1.807) is 0 Å². The van der Waals surface area contributed by atoms with E-state index in [1.807, 2.05) is 12.1 Å². The van der Waals surface area contributed by atoms with E-state index >= 15 is 0 Å². The summed E-state index contributed by atoms with van der Waals surface area (Å²) in [7, 11) is 0. The Bertz CT molecular complexity index is 410. The Kier molecular flexibility index (Phi) is 5.36. The lowest BCUT2D eigenvalue weighted by Gasteiger charge is -2.27. The Morgan fingerprint density at radius 3 is 2.37 bits per heavy atom. The second-order valence-electron chi connectivity index (χ2n) is 6.27. The number of alkyl halides is 1. The van der Waals surface area contributed by atoms with Crippen LogP contribution in [0, 0.1) is 0 Å². The Balaban J connectivity index is 3.11. The van der Waals surface area contributed by atoms with E-state index in [-0.39, 0.29) is 18.6 Å². The molecule has 0 radical (unpaired) electrons. The summed E-state index contributed by atoms with van der Waals surface area (Å²) >= 11 is 0. The summed E-state index contributed by atoms with van der Waals surface area (Å²) in [6.07, 6.45) is -1.11. The topological polar surface area (TPSA) is 35.2 Å². The lowest BCUT2D eigenvalue weighted by molar-refractivity contribution is 0.199. The normalized spacial score (nSPS) is 13.7. The number of hydrogen-bond acceptors (Lipinski definition) is 2. The molecule has 0 amide bonds. The fraction of sp³-hybridized carbons (Fsp3) is 0.625. The minimum absolute atomic E-state index is 0.00399. The van der Waals surface area contributed by atoms with Crippen LogP contribution in [-0.4, -0.2) is 19.3 Å². The van der Waals surface area contributed by atoms with Crippen molar-refractivity contribution in [3.05, 3.63) is 29.3 Å². The summed E-state index contributed by atoms with van der Waals surface area (Å²) in [4.78, 5) is 0. The molecular weight excluding hydrogens is 241 g/mol. The zero-order valence-electron chi connectivity index (χ0n) is 12.7. The van der Waals surface area contributed by atoms with Crippen molar-refractivity contribution >= 4 is 0 Å². The number of hydrogen-bond donors (Lipinski definition) is 1. The van der Waals surface area contributed by atoms with E-state index in [1.165, 1.54) is 11.1 Å². The maximum atomic E-state index is 13.2. The summed E-state index contributed by atoms with van der Waals surface area (Å²) < 4.78 is 18.9. The van der Waals surface area contributed by atoms with Gasteiger partial charge in [0.1, 0.15) is 18.5 Å². The van der Waals surface area contributed by atoms with Gasteiger partial charge >= 0.3 is 0 Å². The van der Waals surface area contributed by atoms with E-state index in [2.05, 4.69) is 40.7 Å². The van der Waals surface area contributed by atoms with Crippen molar-refractivity contribution in [2.45, 2.75) is 52.1 Å². The van der Waals surface area contributed by atoms with Gasteiger partial charge in [-0.15, -0.1) is 0 Å². The predicted molar refractivity (Wildman–Crippen MR) is 78.7 cm³/mol. The monoisotopic (exact) mass is 267 g/mol. The lowest BCUT2D eigenvalue weighted by atomic mass is 9.80. The molecule has 1 aromatic carbocycles. The third-order valence-electron chi connectivity index (χ3n) is 3.13. The van der Waals surface area contributed by atoms with Gasteiger partial charge < -0.3 is 10.5 Å². The molecule has 0 aromatic heterocycles. The van der Waals surface area contributed by atoms with Crippen molar-refractivity contribution in [2.75, 3.05) is 13.2 Å². The first-order chi connectivity index (χ1) is 8.77. The third-order valence-corrected chi connectivity index (χ3v) is 3.13. The second-order valence-corrected chi connectivity index (χ2v) is 6.27. The van der Waals surface area contributed by atoms with Gasteiger partial charge in [-0.3, -0.25) is 0 Å². The van der Waals surface area contributed by atoms with Crippen LogP contribution in [0.25, 0.3) is 0 Å². The summed E-state index contributed by atoms with van der Waals surface area (Å²) in [5.74, 6) is 1.11. The van der Waals surface area contributed by atoms with Crippen LogP contribution < -0.4 is 10.5 Å². The Morgan fingerprint density at radius 2 is 1.89 bits per heavy atom. The highest BCUT2D eigenvalue weighted by molar-refractivity contribution is 5.45.